The van der Waals surface area contributed by atoms with Crippen molar-refractivity contribution in [3.63, 3.8) is 0 Å². The van der Waals surface area contributed by atoms with Crippen molar-refractivity contribution in [3.05, 3.63) is 69.7 Å². The van der Waals surface area contributed by atoms with E-state index in [1.807, 2.05) is 17.2 Å². The van der Waals surface area contributed by atoms with E-state index in [9.17, 15) is 9.59 Å². The average Bonchev–Trinajstić information content (AvgIpc) is 3.46. The van der Waals surface area contributed by atoms with Crippen LogP contribution in [-0.2, 0) is 24.3 Å². The maximum Gasteiger partial charge on any atom is 0.254 e. The molecular weight excluding hydrogens is 390 g/mol. The fourth-order valence-corrected chi connectivity index (χ4v) is 5.02. The van der Waals surface area contributed by atoms with Gasteiger partial charge >= 0.3 is 0 Å². The first-order valence-corrected chi connectivity index (χ1v) is 11.3. The molecule has 1 N–H and O–H groups in total. The number of pyridine rings is 1. The lowest BCUT2D eigenvalue weighted by molar-refractivity contribution is -0.130. The molecule has 2 aliphatic heterocycles. The molecule has 0 bridgehead atoms. The summed E-state index contributed by atoms with van der Waals surface area (Å²) in [6.45, 7) is 3.71. The maximum atomic E-state index is 12.7. The molecule has 0 radical (unpaired) electrons. The van der Waals surface area contributed by atoms with Crippen LogP contribution in [0.4, 0.5) is 0 Å². The molecule has 2 aromatic heterocycles. The number of amides is 1. The number of aromatic nitrogens is 3. The zero-order valence-corrected chi connectivity index (χ0v) is 17.8. The SMILES string of the molecule is O=C(C[C@H]1C=CCC1)N1CC[C@H](c2nc3c(c(=O)[nH]2)CCN(Cc2cccnc2)C3)C1. The second kappa shape index (κ2) is 8.75. The molecule has 0 spiro atoms. The number of hydrogen-bond acceptors (Lipinski definition) is 5. The van der Waals surface area contributed by atoms with Crippen molar-refractivity contribution in [1.29, 1.82) is 0 Å². The number of H-pyrrole nitrogens is 1. The average molecular weight is 420 g/mol. The van der Waals surface area contributed by atoms with Crippen molar-refractivity contribution in [2.24, 2.45) is 5.92 Å². The van der Waals surface area contributed by atoms with Crippen molar-refractivity contribution < 1.29 is 4.79 Å². The number of hydrogen-bond donors (Lipinski definition) is 1. The molecule has 1 saturated heterocycles. The molecule has 162 valence electrons. The lowest BCUT2D eigenvalue weighted by Crippen LogP contribution is -2.36. The third kappa shape index (κ3) is 4.46. The minimum Gasteiger partial charge on any atom is -0.342 e. The van der Waals surface area contributed by atoms with E-state index < -0.39 is 0 Å². The monoisotopic (exact) mass is 419 g/mol. The number of carbonyl (C=O) groups is 1. The molecule has 7 nitrogen and oxygen atoms in total. The Morgan fingerprint density at radius 2 is 2.19 bits per heavy atom. The van der Waals surface area contributed by atoms with Gasteiger partial charge in [-0.1, -0.05) is 18.2 Å². The number of rotatable bonds is 5. The highest BCUT2D eigenvalue weighted by Gasteiger charge is 2.31. The van der Waals surface area contributed by atoms with Crippen LogP contribution in [-0.4, -0.2) is 50.3 Å². The fraction of sp³-hybridized carbons (Fsp3) is 0.500. The van der Waals surface area contributed by atoms with Gasteiger partial charge < -0.3 is 9.88 Å². The Hall–Kier alpha value is -2.80. The number of nitrogens with zero attached hydrogens (tertiary/aromatic N) is 4. The Balaban J connectivity index is 1.26. The van der Waals surface area contributed by atoms with Crippen LogP contribution in [0.25, 0.3) is 0 Å². The first-order valence-electron chi connectivity index (χ1n) is 11.3. The number of allylic oxidation sites excluding steroid dienone is 2. The molecule has 3 aliphatic rings. The van der Waals surface area contributed by atoms with Gasteiger partial charge in [-0.05, 0) is 43.2 Å². The summed E-state index contributed by atoms with van der Waals surface area (Å²) >= 11 is 0. The summed E-state index contributed by atoms with van der Waals surface area (Å²) in [5, 5.41) is 0. The summed E-state index contributed by atoms with van der Waals surface area (Å²) in [7, 11) is 0. The second-order valence-electron chi connectivity index (χ2n) is 8.99. The summed E-state index contributed by atoms with van der Waals surface area (Å²) in [5.41, 5.74) is 2.85. The second-order valence-corrected chi connectivity index (χ2v) is 8.99. The minimum atomic E-state index is -0.0121. The highest BCUT2D eigenvalue weighted by Crippen LogP contribution is 2.28. The summed E-state index contributed by atoms with van der Waals surface area (Å²) in [5.74, 6) is 1.46. The van der Waals surface area contributed by atoms with Crippen LogP contribution in [0.1, 0.15) is 54.2 Å². The molecule has 1 aliphatic carbocycles. The third-order valence-corrected chi connectivity index (χ3v) is 6.78. The lowest BCUT2D eigenvalue weighted by atomic mass is 10.0. The number of fused-ring (bicyclic) bond motifs is 1. The number of nitrogens with one attached hydrogen (secondary N) is 1. The molecule has 0 unspecified atom stereocenters. The molecular formula is C24H29N5O2. The molecule has 2 atom stereocenters. The Bertz CT molecular complexity index is 1030. The van der Waals surface area contributed by atoms with Crippen LogP contribution < -0.4 is 5.56 Å². The van der Waals surface area contributed by atoms with Crippen molar-refractivity contribution in [2.45, 2.75) is 51.1 Å². The third-order valence-electron chi connectivity index (χ3n) is 6.78. The first kappa shape index (κ1) is 20.1. The number of likely N-dealkylation sites (tertiary alicyclic amines) is 1. The quantitative estimate of drug-likeness (QED) is 0.753. The van der Waals surface area contributed by atoms with E-state index in [1.165, 1.54) is 0 Å². The normalized spacial score (nSPS) is 23.3. The topological polar surface area (TPSA) is 82.2 Å². The van der Waals surface area contributed by atoms with Crippen LogP contribution in [0.3, 0.4) is 0 Å². The molecule has 4 heterocycles. The van der Waals surface area contributed by atoms with Crippen LogP contribution in [0.5, 0.6) is 0 Å². The van der Waals surface area contributed by atoms with Crippen LogP contribution in [0.2, 0.25) is 0 Å². The van der Waals surface area contributed by atoms with Gasteiger partial charge in [0.05, 0.1) is 5.69 Å². The first-order chi connectivity index (χ1) is 15.2. The number of carbonyl (C=O) groups excluding carboxylic acids is 1. The van der Waals surface area contributed by atoms with Gasteiger partial charge in [0.15, 0.2) is 0 Å². The molecule has 5 rings (SSSR count). The van der Waals surface area contributed by atoms with Gasteiger partial charge in [-0.2, -0.15) is 0 Å². The van der Waals surface area contributed by atoms with Crippen LogP contribution in [0, 0.1) is 5.92 Å². The zero-order chi connectivity index (χ0) is 21.2. The molecule has 2 aromatic rings. The Labute approximate surface area is 182 Å². The van der Waals surface area contributed by atoms with E-state index in [0.717, 1.165) is 61.5 Å². The number of aromatic amines is 1. The standard InChI is InChI=1S/C24H29N5O2/c30-22(12-17-4-1-2-5-17)29-11-7-19(15-29)23-26-21-16-28(10-8-20(21)24(31)27-23)14-18-6-3-9-25-13-18/h1,3-4,6,9,13,17,19H,2,5,7-8,10-12,14-16H2,(H,26,27,31)/t17-,19-/m0/s1. The van der Waals surface area contributed by atoms with Crippen LogP contribution in [0.15, 0.2) is 41.5 Å². The molecule has 1 fully saturated rings. The Morgan fingerprint density at radius 3 is 3.00 bits per heavy atom. The van der Waals surface area contributed by atoms with Gasteiger partial charge in [-0.15, -0.1) is 0 Å². The van der Waals surface area contributed by atoms with E-state index in [1.54, 1.807) is 6.20 Å². The highest BCUT2D eigenvalue weighted by atomic mass is 16.2. The summed E-state index contributed by atoms with van der Waals surface area (Å²) in [6.07, 6.45) is 12.3. The summed E-state index contributed by atoms with van der Waals surface area (Å²) in [6, 6.07) is 4.02. The van der Waals surface area contributed by atoms with E-state index in [2.05, 4.69) is 33.1 Å². The van der Waals surface area contributed by atoms with Crippen molar-refractivity contribution in [2.75, 3.05) is 19.6 Å². The van der Waals surface area contributed by atoms with E-state index in [4.69, 9.17) is 4.98 Å². The maximum absolute atomic E-state index is 12.7. The van der Waals surface area contributed by atoms with Gasteiger partial charge in [0.1, 0.15) is 5.82 Å². The smallest absolute Gasteiger partial charge is 0.254 e. The van der Waals surface area contributed by atoms with Gasteiger partial charge in [-0.25, -0.2) is 4.98 Å². The van der Waals surface area contributed by atoms with Crippen LogP contribution >= 0.6 is 0 Å². The van der Waals surface area contributed by atoms with Gasteiger partial charge in [0.25, 0.3) is 5.56 Å². The minimum absolute atomic E-state index is 0.0121. The van der Waals surface area contributed by atoms with Gasteiger partial charge in [0.2, 0.25) is 5.91 Å². The Kier molecular flexibility index (Phi) is 5.68. The van der Waals surface area contributed by atoms with Crippen molar-refractivity contribution in [3.8, 4) is 0 Å². The largest absolute Gasteiger partial charge is 0.342 e. The Morgan fingerprint density at radius 1 is 1.26 bits per heavy atom. The van der Waals surface area contributed by atoms with E-state index in [-0.39, 0.29) is 17.4 Å². The summed E-state index contributed by atoms with van der Waals surface area (Å²) in [4.78, 5) is 41.8. The molecule has 1 amide bonds. The molecule has 7 heteroatoms. The molecule has 0 saturated carbocycles. The van der Waals surface area contributed by atoms with Gasteiger partial charge in [0, 0.05) is 63.0 Å². The van der Waals surface area contributed by atoms with Gasteiger partial charge in [-0.3, -0.25) is 19.5 Å². The highest BCUT2D eigenvalue weighted by molar-refractivity contribution is 5.77. The predicted octanol–water partition coefficient (Wildman–Crippen LogP) is 2.40. The van der Waals surface area contributed by atoms with E-state index >= 15 is 0 Å². The lowest BCUT2D eigenvalue weighted by Gasteiger charge is -2.28. The van der Waals surface area contributed by atoms with E-state index in [0.29, 0.717) is 31.8 Å². The van der Waals surface area contributed by atoms with Crippen molar-refractivity contribution >= 4 is 5.91 Å². The summed E-state index contributed by atoms with van der Waals surface area (Å²) < 4.78 is 0. The van der Waals surface area contributed by atoms with Crippen molar-refractivity contribution in [1.82, 2.24) is 24.8 Å². The molecule has 31 heavy (non-hydrogen) atoms. The zero-order valence-electron chi connectivity index (χ0n) is 17.8. The predicted molar refractivity (Wildman–Crippen MR) is 117 cm³/mol. The molecule has 0 aromatic carbocycles. The fourth-order valence-electron chi connectivity index (χ4n) is 5.02.